The summed E-state index contributed by atoms with van der Waals surface area (Å²) < 4.78 is 5.77. The molecule has 0 spiro atoms. The Labute approximate surface area is 128 Å². The Bertz CT molecular complexity index is 687. The van der Waals surface area contributed by atoms with Crippen LogP contribution in [0.15, 0.2) is 42.5 Å². The van der Waals surface area contributed by atoms with Gasteiger partial charge in [-0.25, -0.2) is 0 Å². The maximum Gasteiger partial charge on any atom is 0.124 e. The van der Waals surface area contributed by atoms with Crippen molar-refractivity contribution >= 4 is 23.1 Å². The highest BCUT2D eigenvalue weighted by Crippen LogP contribution is 2.30. The van der Waals surface area contributed by atoms with E-state index in [4.69, 9.17) is 27.5 Å². The van der Waals surface area contributed by atoms with Crippen LogP contribution in [0.4, 0.5) is 5.69 Å². The van der Waals surface area contributed by atoms with Crippen molar-refractivity contribution < 1.29 is 4.74 Å². The van der Waals surface area contributed by atoms with Gasteiger partial charge in [-0.3, -0.25) is 5.41 Å². The largest absolute Gasteiger partial charge is 0.491 e. The third kappa shape index (κ3) is 2.81. The van der Waals surface area contributed by atoms with Crippen molar-refractivity contribution in [2.45, 2.75) is 6.54 Å². The topological polar surface area (TPSA) is 62.3 Å². The van der Waals surface area contributed by atoms with Crippen molar-refractivity contribution in [3.8, 4) is 5.75 Å². The van der Waals surface area contributed by atoms with Crippen LogP contribution in [0.25, 0.3) is 0 Å². The maximum atomic E-state index is 7.74. The number of ether oxygens (including phenoxy) is 1. The summed E-state index contributed by atoms with van der Waals surface area (Å²) in [6.45, 7) is 2.01. The second kappa shape index (κ2) is 5.66. The van der Waals surface area contributed by atoms with Crippen LogP contribution in [-0.4, -0.2) is 19.0 Å². The molecule has 0 aromatic heterocycles. The number of nitrogens with one attached hydrogen (secondary N) is 1. The van der Waals surface area contributed by atoms with E-state index in [0.717, 1.165) is 23.5 Å². The summed E-state index contributed by atoms with van der Waals surface area (Å²) in [4.78, 5) is 2.15. The van der Waals surface area contributed by atoms with Gasteiger partial charge in [-0.1, -0.05) is 29.8 Å². The zero-order valence-electron chi connectivity index (χ0n) is 11.5. The van der Waals surface area contributed by atoms with Crippen molar-refractivity contribution in [2.75, 3.05) is 18.1 Å². The first-order valence-electron chi connectivity index (χ1n) is 6.75. The average molecular weight is 302 g/mol. The smallest absolute Gasteiger partial charge is 0.124 e. The standard InChI is InChI=1S/C16H16ClN3O/c17-12-5-6-13(16(18)19)14(9-12)20-7-8-21-15-4-2-1-3-11(15)10-20/h1-6,9H,7-8,10H2,(H3,18,19). The van der Waals surface area contributed by atoms with Gasteiger partial charge < -0.3 is 15.4 Å². The van der Waals surface area contributed by atoms with Crippen molar-refractivity contribution in [1.29, 1.82) is 5.41 Å². The van der Waals surface area contributed by atoms with E-state index in [-0.39, 0.29) is 5.84 Å². The molecule has 2 aromatic carbocycles. The fourth-order valence-electron chi connectivity index (χ4n) is 2.53. The minimum atomic E-state index is 0.0418. The van der Waals surface area contributed by atoms with E-state index < -0.39 is 0 Å². The number of halogens is 1. The van der Waals surface area contributed by atoms with Crippen LogP contribution in [0.2, 0.25) is 5.02 Å². The molecule has 0 atom stereocenters. The molecule has 3 N–H and O–H groups in total. The number of amidine groups is 1. The Morgan fingerprint density at radius 2 is 2.05 bits per heavy atom. The second-order valence-electron chi connectivity index (χ2n) is 4.95. The SMILES string of the molecule is N=C(N)c1ccc(Cl)cc1N1CCOc2ccccc2C1. The molecule has 3 rings (SSSR count). The van der Waals surface area contributed by atoms with Gasteiger partial charge in [0.1, 0.15) is 18.2 Å². The molecule has 2 aromatic rings. The molecule has 21 heavy (non-hydrogen) atoms. The first-order chi connectivity index (χ1) is 10.1. The van der Waals surface area contributed by atoms with Gasteiger partial charge in [0.2, 0.25) is 0 Å². The molecule has 4 nitrogen and oxygen atoms in total. The van der Waals surface area contributed by atoms with Crippen LogP contribution in [0.3, 0.4) is 0 Å². The van der Waals surface area contributed by atoms with Crippen LogP contribution >= 0.6 is 11.6 Å². The van der Waals surface area contributed by atoms with Gasteiger partial charge in [-0.2, -0.15) is 0 Å². The summed E-state index contributed by atoms with van der Waals surface area (Å²) >= 11 is 6.11. The first kappa shape index (κ1) is 13.8. The molecule has 108 valence electrons. The molecule has 0 aliphatic carbocycles. The van der Waals surface area contributed by atoms with Gasteiger partial charge >= 0.3 is 0 Å². The lowest BCUT2D eigenvalue weighted by Gasteiger charge is -2.25. The van der Waals surface area contributed by atoms with E-state index in [1.165, 1.54) is 0 Å². The Morgan fingerprint density at radius 1 is 1.24 bits per heavy atom. The minimum Gasteiger partial charge on any atom is -0.491 e. The Kier molecular flexibility index (Phi) is 3.71. The predicted octanol–water partition coefficient (Wildman–Crippen LogP) is 3.02. The fourth-order valence-corrected chi connectivity index (χ4v) is 2.69. The normalized spacial score (nSPS) is 14.0. The molecule has 1 aliphatic heterocycles. The van der Waals surface area contributed by atoms with E-state index in [2.05, 4.69) is 4.90 Å². The summed E-state index contributed by atoms with van der Waals surface area (Å²) in [5.41, 5.74) is 8.37. The van der Waals surface area contributed by atoms with Crippen molar-refractivity contribution in [2.24, 2.45) is 5.73 Å². The fraction of sp³-hybridized carbons (Fsp3) is 0.188. The third-order valence-electron chi connectivity index (χ3n) is 3.54. The number of para-hydroxylation sites is 1. The lowest BCUT2D eigenvalue weighted by molar-refractivity contribution is 0.331. The molecule has 0 fully saturated rings. The number of anilines is 1. The number of benzene rings is 2. The Hall–Kier alpha value is -2.20. The number of rotatable bonds is 2. The first-order valence-corrected chi connectivity index (χ1v) is 7.12. The van der Waals surface area contributed by atoms with Gasteiger partial charge in [0.15, 0.2) is 0 Å². The zero-order chi connectivity index (χ0) is 14.8. The van der Waals surface area contributed by atoms with E-state index in [1.54, 1.807) is 12.1 Å². The molecular formula is C16H16ClN3O. The van der Waals surface area contributed by atoms with Crippen LogP contribution in [0.1, 0.15) is 11.1 Å². The number of nitrogens with zero attached hydrogens (tertiary/aromatic N) is 1. The quantitative estimate of drug-likeness (QED) is 0.662. The molecule has 0 saturated carbocycles. The second-order valence-corrected chi connectivity index (χ2v) is 5.39. The average Bonchev–Trinajstić information content (AvgIpc) is 2.68. The number of fused-ring (bicyclic) bond motifs is 1. The highest BCUT2D eigenvalue weighted by Gasteiger charge is 2.19. The van der Waals surface area contributed by atoms with E-state index in [1.807, 2.05) is 30.3 Å². The number of hydrogen-bond acceptors (Lipinski definition) is 3. The maximum absolute atomic E-state index is 7.74. The minimum absolute atomic E-state index is 0.0418. The van der Waals surface area contributed by atoms with Crippen molar-refractivity contribution in [3.63, 3.8) is 0 Å². The Morgan fingerprint density at radius 3 is 2.86 bits per heavy atom. The highest BCUT2D eigenvalue weighted by atomic mass is 35.5. The molecule has 0 saturated heterocycles. The zero-order valence-corrected chi connectivity index (χ0v) is 12.2. The Balaban J connectivity index is 2.01. The molecule has 0 bridgehead atoms. The molecule has 0 unspecified atom stereocenters. The summed E-state index contributed by atoms with van der Waals surface area (Å²) in [6, 6.07) is 13.4. The number of nitrogens with two attached hydrogens (primary N) is 1. The van der Waals surface area contributed by atoms with E-state index >= 15 is 0 Å². The molecule has 0 amide bonds. The summed E-state index contributed by atoms with van der Waals surface area (Å²) in [5, 5.41) is 8.37. The van der Waals surface area contributed by atoms with Gasteiger partial charge in [-0.15, -0.1) is 0 Å². The predicted molar refractivity (Wildman–Crippen MR) is 85.5 cm³/mol. The monoisotopic (exact) mass is 301 g/mol. The summed E-state index contributed by atoms with van der Waals surface area (Å²) in [7, 11) is 0. The summed E-state index contributed by atoms with van der Waals surface area (Å²) in [6.07, 6.45) is 0. The van der Waals surface area contributed by atoms with Crippen LogP contribution in [-0.2, 0) is 6.54 Å². The lowest BCUT2D eigenvalue weighted by atomic mass is 10.1. The van der Waals surface area contributed by atoms with Gasteiger partial charge in [0.05, 0.1) is 6.54 Å². The van der Waals surface area contributed by atoms with Crippen LogP contribution in [0, 0.1) is 5.41 Å². The molecule has 5 heteroatoms. The summed E-state index contributed by atoms with van der Waals surface area (Å²) in [5.74, 6) is 0.950. The van der Waals surface area contributed by atoms with E-state index in [9.17, 15) is 0 Å². The third-order valence-corrected chi connectivity index (χ3v) is 3.78. The van der Waals surface area contributed by atoms with Crippen molar-refractivity contribution in [1.82, 2.24) is 0 Å². The van der Waals surface area contributed by atoms with Crippen LogP contribution in [0.5, 0.6) is 5.75 Å². The number of nitrogen functional groups attached to an aromatic ring is 1. The highest BCUT2D eigenvalue weighted by molar-refractivity contribution is 6.31. The molecular weight excluding hydrogens is 286 g/mol. The van der Waals surface area contributed by atoms with Crippen molar-refractivity contribution in [3.05, 3.63) is 58.6 Å². The molecule has 1 heterocycles. The van der Waals surface area contributed by atoms with Gasteiger partial charge in [0.25, 0.3) is 0 Å². The van der Waals surface area contributed by atoms with Gasteiger partial charge in [0, 0.05) is 28.4 Å². The molecule has 0 radical (unpaired) electrons. The molecule has 1 aliphatic rings. The van der Waals surface area contributed by atoms with Crippen LogP contribution < -0.4 is 15.4 Å². The van der Waals surface area contributed by atoms with E-state index in [0.29, 0.717) is 23.7 Å². The lowest BCUT2D eigenvalue weighted by Crippen LogP contribution is -2.28. The van der Waals surface area contributed by atoms with Gasteiger partial charge in [-0.05, 0) is 24.3 Å². The number of hydrogen-bond donors (Lipinski definition) is 2.